The van der Waals surface area contributed by atoms with Crippen molar-refractivity contribution in [1.29, 1.82) is 0 Å². The molecule has 0 saturated carbocycles. The quantitative estimate of drug-likeness (QED) is 0.735. The molecule has 2 N–H and O–H groups in total. The van der Waals surface area contributed by atoms with E-state index in [0.717, 1.165) is 16.5 Å². The number of anilines is 1. The molecule has 1 aromatic carbocycles. The summed E-state index contributed by atoms with van der Waals surface area (Å²) in [5.74, 6) is -0.135. The third-order valence-electron chi connectivity index (χ3n) is 2.95. The number of carbonyl (C=O) groups excluding carboxylic acids is 1. The van der Waals surface area contributed by atoms with Crippen molar-refractivity contribution in [2.24, 2.45) is 0 Å². The number of aryl methyl sites for hydroxylation is 1. The van der Waals surface area contributed by atoms with Gasteiger partial charge >= 0.3 is 0 Å². The minimum atomic E-state index is -0.135. The Kier molecular flexibility index (Phi) is 2.76. The van der Waals surface area contributed by atoms with Crippen molar-refractivity contribution < 1.29 is 4.79 Å². The van der Waals surface area contributed by atoms with Crippen LogP contribution >= 0.6 is 0 Å². The van der Waals surface area contributed by atoms with Crippen molar-refractivity contribution in [1.82, 2.24) is 9.97 Å². The van der Waals surface area contributed by atoms with Gasteiger partial charge < -0.3 is 10.3 Å². The number of nitrogens with zero attached hydrogens (tertiary/aromatic N) is 1. The number of aromatic amines is 1. The molecule has 0 radical (unpaired) electrons. The Hall–Kier alpha value is -2.62. The maximum absolute atomic E-state index is 12.1. The maximum atomic E-state index is 12.1. The molecule has 0 atom stereocenters. The van der Waals surface area contributed by atoms with Crippen LogP contribution in [0.15, 0.2) is 48.9 Å². The molecule has 0 saturated heterocycles. The van der Waals surface area contributed by atoms with Crippen LogP contribution in [0.5, 0.6) is 0 Å². The second-order valence-electron chi connectivity index (χ2n) is 4.48. The fourth-order valence-corrected chi connectivity index (χ4v) is 2.02. The second kappa shape index (κ2) is 4.57. The van der Waals surface area contributed by atoms with Gasteiger partial charge in [-0.2, -0.15) is 0 Å². The molecule has 2 aromatic heterocycles. The molecule has 0 unspecified atom stereocenters. The number of aromatic nitrogens is 2. The van der Waals surface area contributed by atoms with Gasteiger partial charge in [0.1, 0.15) is 0 Å². The highest BCUT2D eigenvalue weighted by Crippen LogP contribution is 2.16. The summed E-state index contributed by atoms with van der Waals surface area (Å²) in [6, 6.07) is 9.44. The van der Waals surface area contributed by atoms with Gasteiger partial charge in [-0.15, -0.1) is 0 Å². The molecular weight excluding hydrogens is 238 g/mol. The molecular formula is C15H13N3O. The average Bonchev–Trinajstić information content (AvgIpc) is 2.85. The largest absolute Gasteiger partial charge is 0.361 e. The first-order valence-electron chi connectivity index (χ1n) is 6.02. The lowest BCUT2D eigenvalue weighted by Gasteiger charge is -2.05. The van der Waals surface area contributed by atoms with Crippen molar-refractivity contribution in [3.8, 4) is 0 Å². The van der Waals surface area contributed by atoms with Crippen molar-refractivity contribution in [3.63, 3.8) is 0 Å². The molecule has 19 heavy (non-hydrogen) atoms. The molecule has 0 bridgehead atoms. The summed E-state index contributed by atoms with van der Waals surface area (Å²) < 4.78 is 0. The average molecular weight is 251 g/mol. The lowest BCUT2D eigenvalue weighted by atomic mass is 10.1. The van der Waals surface area contributed by atoms with Gasteiger partial charge in [0.2, 0.25) is 0 Å². The van der Waals surface area contributed by atoms with Gasteiger partial charge in [-0.05, 0) is 42.1 Å². The van der Waals surface area contributed by atoms with Crippen molar-refractivity contribution in [2.45, 2.75) is 6.92 Å². The number of H-pyrrole nitrogens is 1. The number of amides is 1. The third-order valence-corrected chi connectivity index (χ3v) is 2.95. The van der Waals surface area contributed by atoms with E-state index in [1.165, 1.54) is 0 Å². The SMILES string of the molecule is Cc1cncc(NC(=O)c2ccc3cc[nH]c3c2)c1. The highest BCUT2D eigenvalue weighted by atomic mass is 16.1. The predicted molar refractivity (Wildman–Crippen MR) is 75.2 cm³/mol. The van der Waals surface area contributed by atoms with Crippen LogP contribution < -0.4 is 5.32 Å². The molecule has 0 aliphatic heterocycles. The third kappa shape index (κ3) is 2.33. The van der Waals surface area contributed by atoms with E-state index in [4.69, 9.17) is 0 Å². The first-order valence-corrected chi connectivity index (χ1v) is 6.02. The Balaban J connectivity index is 1.87. The van der Waals surface area contributed by atoms with E-state index < -0.39 is 0 Å². The standard InChI is InChI=1S/C15H13N3O/c1-10-6-13(9-16-8-10)18-15(19)12-3-2-11-4-5-17-14(11)7-12/h2-9,17H,1H3,(H,18,19). The van der Waals surface area contributed by atoms with E-state index in [1.807, 2.05) is 43.5 Å². The van der Waals surface area contributed by atoms with Gasteiger partial charge in [0.05, 0.1) is 11.9 Å². The number of benzene rings is 1. The van der Waals surface area contributed by atoms with Crippen LogP contribution in [0.2, 0.25) is 0 Å². The van der Waals surface area contributed by atoms with E-state index in [-0.39, 0.29) is 5.91 Å². The van der Waals surface area contributed by atoms with E-state index in [2.05, 4.69) is 15.3 Å². The fourth-order valence-electron chi connectivity index (χ4n) is 2.02. The normalized spacial score (nSPS) is 10.6. The molecule has 0 fully saturated rings. The number of fused-ring (bicyclic) bond motifs is 1. The minimum absolute atomic E-state index is 0.135. The van der Waals surface area contributed by atoms with Gasteiger partial charge in [-0.1, -0.05) is 6.07 Å². The zero-order valence-electron chi connectivity index (χ0n) is 10.5. The Morgan fingerprint density at radius 3 is 2.95 bits per heavy atom. The molecule has 94 valence electrons. The molecule has 3 rings (SSSR count). The van der Waals surface area contributed by atoms with Crippen LogP contribution in [-0.4, -0.2) is 15.9 Å². The van der Waals surface area contributed by atoms with Crippen LogP contribution in [0.4, 0.5) is 5.69 Å². The van der Waals surface area contributed by atoms with Crippen LogP contribution in [0, 0.1) is 6.92 Å². The van der Waals surface area contributed by atoms with E-state index in [0.29, 0.717) is 11.3 Å². The molecule has 0 aliphatic rings. The monoisotopic (exact) mass is 251 g/mol. The van der Waals surface area contributed by atoms with Crippen LogP contribution in [0.3, 0.4) is 0 Å². The topological polar surface area (TPSA) is 57.8 Å². The number of carbonyl (C=O) groups is 1. The van der Waals surface area contributed by atoms with Crippen LogP contribution in [0.25, 0.3) is 10.9 Å². The number of pyridine rings is 1. The Labute approximate surface area is 110 Å². The predicted octanol–water partition coefficient (Wildman–Crippen LogP) is 3.12. The first-order chi connectivity index (χ1) is 9.22. The fraction of sp³-hybridized carbons (Fsp3) is 0.0667. The van der Waals surface area contributed by atoms with Crippen molar-refractivity contribution in [2.75, 3.05) is 5.32 Å². The molecule has 3 aromatic rings. The first kappa shape index (κ1) is 11.5. The summed E-state index contributed by atoms with van der Waals surface area (Å²) in [5, 5.41) is 3.93. The lowest BCUT2D eigenvalue weighted by Crippen LogP contribution is -2.12. The van der Waals surface area contributed by atoms with Gasteiger partial charge in [0.25, 0.3) is 5.91 Å². The summed E-state index contributed by atoms with van der Waals surface area (Å²) in [4.78, 5) is 19.3. The maximum Gasteiger partial charge on any atom is 0.255 e. The second-order valence-corrected chi connectivity index (χ2v) is 4.48. The zero-order valence-corrected chi connectivity index (χ0v) is 10.5. The number of nitrogens with one attached hydrogen (secondary N) is 2. The summed E-state index contributed by atoms with van der Waals surface area (Å²) >= 11 is 0. The van der Waals surface area contributed by atoms with Crippen molar-refractivity contribution in [3.05, 3.63) is 60.0 Å². The molecule has 2 heterocycles. The van der Waals surface area contributed by atoms with Gasteiger partial charge in [-0.25, -0.2) is 0 Å². The number of hydrogen-bond donors (Lipinski definition) is 2. The molecule has 4 nitrogen and oxygen atoms in total. The van der Waals surface area contributed by atoms with Gasteiger partial charge in [0, 0.05) is 23.5 Å². The summed E-state index contributed by atoms with van der Waals surface area (Å²) in [6.45, 7) is 1.94. The minimum Gasteiger partial charge on any atom is -0.361 e. The van der Waals surface area contributed by atoms with E-state index in [9.17, 15) is 4.79 Å². The smallest absolute Gasteiger partial charge is 0.255 e. The number of rotatable bonds is 2. The Morgan fingerprint density at radius 1 is 1.21 bits per heavy atom. The molecule has 1 amide bonds. The highest BCUT2D eigenvalue weighted by molar-refractivity contribution is 6.06. The highest BCUT2D eigenvalue weighted by Gasteiger charge is 2.07. The lowest BCUT2D eigenvalue weighted by molar-refractivity contribution is 0.102. The molecule has 0 aliphatic carbocycles. The summed E-state index contributed by atoms with van der Waals surface area (Å²) in [7, 11) is 0. The van der Waals surface area contributed by atoms with Gasteiger partial charge in [0.15, 0.2) is 0 Å². The van der Waals surface area contributed by atoms with Crippen molar-refractivity contribution >= 4 is 22.5 Å². The summed E-state index contributed by atoms with van der Waals surface area (Å²) in [6.07, 6.45) is 5.25. The number of hydrogen-bond acceptors (Lipinski definition) is 2. The molecule has 4 heteroatoms. The Bertz CT molecular complexity index is 746. The molecule has 0 spiro atoms. The van der Waals surface area contributed by atoms with Gasteiger partial charge in [-0.3, -0.25) is 9.78 Å². The van der Waals surface area contributed by atoms with E-state index in [1.54, 1.807) is 12.4 Å². The summed E-state index contributed by atoms with van der Waals surface area (Å²) in [5.41, 5.74) is 3.29. The Morgan fingerprint density at radius 2 is 2.11 bits per heavy atom. The van der Waals surface area contributed by atoms with E-state index >= 15 is 0 Å². The van der Waals surface area contributed by atoms with Crippen LogP contribution in [-0.2, 0) is 0 Å². The zero-order chi connectivity index (χ0) is 13.2. The van der Waals surface area contributed by atoms with Crippen LogP contribution in [0.1, 0.15) is 15.9 Å².